The van der Waals surface area contributed by atoms with Gasteiger partial charge in [-0.3, -0.25) is 0 Å². The minimum Gasteiger partial charge on any atom is -0.507 e. The first-order valence-corrected chi connectivity index (χ1v) is 13.8. The lowest BCUT2D eigenvalue weighted by molar-refractivity contribution is 0.159. The third kappa shape index (κ3) is 5.67. The van der Waals surface area contributed by atoms with E-state index in [0.717, 1.165) is 28.8 Å². The number of aliphatic hydroxyl groups excluding tert-OH is 1. The highest BCUT2D eigenvalue weighted by atomic mass is 32.1. The van der Waals surface area contributed by atoms with Crippen LogP contribution in [0.5, 0.6) is 11.5 Å². The van der Waals surface area contributed by atoms with E-state index in [1.807, 2.05) is 37.4 Å². The van der Waals surface area contributed by atoms with Crippen molar-refractivity contribution >= 4 is 23.0 Å². The molecule has 7 heteroatoms. The zero-order valence-corrected chi connectivity index (χ0v) is 23.4. The normalized spacial score (nSPS) is 17.8. The molecule has 0 aliphatic carbocycles. The number of aliphatic hydroxyl groups is 1. The van der Waals surface area contributed by atoms with Crippen molar-refractivity contribution in [2.75, 3.05) is 19.1 Å². The minimum atomic E-state index is -0.686. The number of nitrogens with zero attached hydrogens (tertiary/aromatic N) is 2. The van der Waals surface area contributed by atoms with Gasteiger partial charge in [0, 0.05) is 24.4 Å². The summed E-state index contributed by atoms with van der Waals surface area (Å²) in [6, 6.07) is 29.6. The van der Waals surface area contributed by atoms with Crippen LogP contribution in [0.25, 0.3) is 11.1 Å². The zero-order chi connectivity index (χ0) is 28.2. The molecule has 0 saturated carbocycles. The van der Waals surface area contributed by atoms with Gasteiger partial charge < -0.3 is 24.7 Å². The Balaban J connectivity index is 1.43. The standard InChI is InChI=1S/C33H33FN2O3S/c1-35-29(9-6-10-30(37)24-11-15-25(34)16-12-24)32(28-20-19-27(39-2)21-31(28)38)36(33(35)40)26-17-13-23(14-18-26)22-7-4-3-5-8-22/h3-5,7-8,11-21,29-30,32,37-38H,6,9-10H2,1-2H3. The van der Waals surface area contributed by atoms with Gasteiger partial charge in [0.2, 0.25) is 0 Å². The molecule has 1 aliphatic heterocycles. The van der Waals surface area contributed by atoms with Gasteiger partial charge >= 0.3 is 0 Å². The van der Waals surface area contributed by atoms with Crippen LogP contribution in [0.4, 0.5) is 10.1 Å². The second kappa shape index (κ2) is 12.1. The number of benzene rings is 4. The van der Waals surface area contributed by atoms with E-state index in [1.54, 1.807) is 25.3 Å². The molecule has 5 nitrogen and oxygen atoms in total. The third-order valence-electron chi connectivity index (χ3n) is 7.69. The maximum atomic E-state index is 13.3. The molecule has 206 valence electrons. The number of hydrogen-bond acceptors (Lipinski definition) is 4. The van der Waals surface area contributed by atoms with Gasteiger partial charge in [-0.05, 0) is 84.6 Å². The maximum absolute atomic E-state index is 13.3. The van der Waals surface area contributed by atoms with E-state index in [-0.39, 0.29) is 23.7 Å². The summed E-state index contributed by atoms with van der Waals surface area (Å²) in [5, 5.41) is 22.5. The Bertz CT molecular complexity index is 1450. The maximum Gasteiger partial charge on any atom is 0.176 e. The molecule has 1 aliphatic rings. The van der Waals surface area contributed by atoms with Crippen LogP contribution in [-0.2, 0) is 0 Å². The predicted octanol–water partition coefficient (Wildman–Crippen LogP) is 7.26. The number of phenolic OH excluding ortho intramolecular Hbond substituents is 1. The molecule has 0 spiro atoms. The van der Waals surface area contributed by atoms with Crippen LogP contribution in [-0.4, -0.2) is 40.4 Å². The SMILES string of the molecule is COc1ccc(C2C(CCCC(O)c3ccc(F)cc3)N(C)C(=S)N2c2ccc(-c3ccccc3)cc2)c(O)c1. The Morgan fingerprint density at radius 1 is 0.925 bits per heavy atom. The number of phenols is 1. The molecule has 0 aromatic heterocycles. The van der Waals surface area contributed by atoms with E-state index in [9.17, 15) is 14.6 Å². The fourth-order valence-corrected chi connectivity index (χ4v) is 5.86. The monoisotopic (exact) mass is 556 g/mol. The summed E-state index contributed by atoms with van der Waals surface area (Å²) in [5.41, 5.74) is 4.63. The lowest BCUT2D eigenvalue weighted by Crippen LogP contribution is -2.30. The fourth-order valence-electron chi connectivity index (χ4n) is 5.50. The van der Waals surface area contributed by atoms with E-state index in [2.05, 4.69) is 46.2 Å². The summed E-state index contributed by atoms with van der Waals surface area (Å²) >= 11 is 5.97. The van der Waals surface area contributed by atoms with Crippen LogP contribution < -0.4 is 9.64 Å². The van der Waals surface area contributed by atoms with E-state index < -0.39 is 6.10 Å². The average Bonchev–Trinajstić information content (AvgIpc) is 3.22. The molecule has 0 radical (unpaired) electrons. The Morgan fingerprint density at radius 2 is 1.60 bits per heavy atom. The summed E-state index contributed by atoms with van der Waals surface area (Å²) < 4.78 is 18.7. The first-order valence-electron chi connectivity index (χ1n) is 13.4. The van der Waals surface area contributed by atoms with Gasteiger partial charge in [0.15, 0.2) is 5.11 Å². The first kappa shape index (κ1) is 27.6. The average molecular weight is 557 g/mol. The minimum absolute atomic E-state index is 0.0546. The van der Waals surface area contributed by atoms with Crippen molar-refractivity contribution in [1.82, 2.24) is 4.90 Å². The fraction of sp³-hybridized carbons (Fsp3) is 0.242. The van der Waals surface area contributed by atoms with Gasteiger partial charge in [-0.25, -0.2) is 4.39 Å². The highest BCUT2D eigenvalue weighted by Gasteiger charge is 2.43. The van der Waals surface area contributed by atoms with E-state index >= 15 is 0 Å². The van der Waals surface area contributed by atoms with Crippen LogP contribution in [0.2, 0.25) is 0 Å². The van der Waals surface area contributed by atoms with Gasteiger partial charge in [-0.15, -0.1) is 0 Å². The quantitative estimate of drug-likeness (QED) is 0.212. The number of hydrogen-bond donors (Lipinski definition) is 2. The van der Waals surface area contributed by atoms with Crippen LogP contribution in [0.15, 0.2) is 97.1 Å². The molecule has 3 atom stereocenters. The molecule has 1 fully saturated rings. The molecule has 5 rings (SSSR count). The van der Waals surface area contributed by atoms with Gasteiger partial charge in [-0.1, -0.05) is 54.6 Å². The number of rotatable bonds is 9. The summed E-state index contributed by atoms with van der Waals surface area (Å²) in [6.45, 7) is 0. The van der Waals surface area contributed by atoms with Crippen molar-refractivity contribution in [2.45, 2.75) is 37.5 Å². The van der Waals surface area contributed by atoms with Gasteiger partial charge in [-0.2, -0.15) is 0 Å². The third-order valence-corrected chi connectivity index (χ3v) is 8.17. The molecular formula is C33H33FN2O3S. The molecule has 1 heterocycles. The highest BCUT2D eigenvalue weighted by Crippen LogP contribution is 2.44. The number of methoxy groups -OCH3 is 1. The molecule has 2 N–H and O–H groups in total. The molecule has 4 aromatic rings. The van der Waals surface area contributed by atoms with Crippen molar-refractivity contribution in [3.8, 4) is 22.6 Å². The molecular weight excluding hydrogens is 523 g/mol. The van der Waals surface area contributed by atoms with Crippen LogP contribution in [0.1, 0.15) is 42.5 Å². The second-order valence-corrected chi connectivity index (χ2v) is 10.5. The zero-order valence-electron chi connectivity index (χ0n) is 22.6. The Morgan fingerprint density at radius 3 is 2.25 bits per heavy atom. The number of ether oxygens (including phenoxy) is 1. The van der Waals surface area contributed by atoms with E-state index in [4.69, 9.17) is 17.0 Å². The van der Waals surface area contributed by atoms with E-state index in [0.29, 0.717) is 29.3 Å². The van der Waals surface area contributed by atoms with Crippen molar-refractivity contribution in [3.05, 3.63) is 114 Å². The molecule has 40 heavy (non-hydrogen) atoms. The smallest absolute Gasteiger partial charge is 0.176 e. The molecule has 0 amide bonds. The highest BCUT2D eigenvalue weighted by molar-refractivity contribution is 7.80. The topological polar surface area (TPSA) is 56.2 Å². The first-order chi connectivity index (χ1) is 19.4. The van der Waals surface area contributed by atoms with Crippen LogP contribution in [0.3, 0.4) is 0 Å². The second-order valence-electron chi connectivity index (χ2n) is 10.1. The number of halogens is 1. The van der Waals surface area contributed by atoms with Crippen molar-refractivity contribution in [2.24, 2.45) is 0 Å². The summed E-state index contributed by atoms with van der Waals surface area (Å²) in [5.74, 6) is 0.397. The predicted molar refractivity (Wildman–Crippen MR) is 161 cm³/mol. The Kier molecular flexibility index (Phi) is 8.33. The van der Waals surface area contributed by atoms with Crippen molar-refractivity contribution in [1.29, 1.82) is 0 Å². The van der Waals surface area contributed by atoms with Crippen molar-refractivity contribution < 1.29 is 19.3 Å². The molecule has 1 saturated heterocycles. The molecule has 3 unspecified atom stereocenters. The number of anilines is 1. The van der Waals surface area contributed by atoms with Gasteiger partial charge in [0.25, 0.3) is 0 Å². The largest absolute Gasteiger partial charge is 0.507 e. The lowest BCUT2D eigenvalue weighted by atomic mass is 9.92. The van der Waals surface area contributed by atoms with Crippen LogP contribution >= 0.6 is 12.2 Å². The van der Waals surface area contributed by atoms with Crippen LogP contribution in [0, 0.1) is 5.82 Å². The molecule has 4 aromatic carbocycles. The summed E-state index contributed by atoms with van der Waals surface area (Å²) in [4.78, 5) is 4.19. The Hall–Kier alpha value is -3.94. The summed E-state index contributed by atoms with van der Waals surface area (Å²) in [7, 11) is 3.55. The van der Waals surface area contributed by atoms with Crippen molar-refractivity contribution in [3.63, 3.8) is 0 Å². The molecule has 0 bridgehead atoms. The number of thiocarbonyl (C=S) groups is 1. The van der Waals surface area contributed by atoms with Gasteiger partial charge in [0.05, 0.1) is 25.3 Å². The number of aromatic hydroxyl groups is 1. The van der Waals surface area contributed by atoms with E-state index in [1.165, 1.54) is 12.1 Å². The summed E-state index contributed by atoms with van der Waals surface area (Å²) in [6.07, 6.45) is 1.28. The van der Waals surface area contributed by atoms with Gasteiger partial charge in [0.1, 0.15) is 17.3 Å². The lowest BCUT2D eigenvalue weighted by Gasteiger charge is -2.29. The Labute approximate surface area is 240 Å². The number of likely N-dealkylation sites (N-methyl/N-ethyl adjacent to an activating group) is 1.